The number of phenols is 1. The molecule has 2 heterocycles. The van der Waals surface area contributed by atoms with Crippen LogP contribution in [0.3, 0.4) is 0 Å². The molecule has 0 aliphatic carbocycles. The van der Waals surface area contributed by atoms with Crippen molar-refractivity contribution in [3.8, 4) is 16.9 Å². The van der Waals surface area contributed by atoms with E-state index in [9.17, 15) is 5.11 Å². The summed E-state index contributed by atoms with van der Waals surface area (Å²) >= 11 is 0. The third-order valence-corrected chi connectivity index (χ3v) is 3.32. The van der Waals surface area contributed by atoms with Crippen LogP contribution in [0.5, 0.6) is 5.75 Å². The molecule has 1 atom stereocenters. The molecule has 0 amide bonds. The monoisotopic (exact) mass is 229 g/mol. The molecule has 1 aromatic heterocycles. The van der Waals surface area contributed by atoms with Gasteiger partial charge in [-0.25, -0.2) is 0 Å². The average Bonchev–Trinajstić information content (AvgIpc) is 3.00. The molecule has 0 bridgehead atoms. The number of H-pyrrole nitrogens is 1. The smallest absolute Gasteiger partial charge is 0.115 e. The molecule has 0 saturated carbocycles. The fourth-order valence-corrected chi connectivity index (χ4v) is 2.38. The normalized spacial score (nSPS) is 19.6. The van der Waals surface area contributed by atoms with Crippen LogP contribution in [0.2, 0.25) is 0 Å². The Kier molecular flexibility index (Phi) is 2.57. The van der Waals surface area contributed by atoms with E-state index in [4.69, 9.17) is 0 Å². The summed E-state index contributed by atoms with van der Waals surface area (Å²) in [6, 6.07) is 7.26. The lowest BCUT2D eigenvalue weighted by Gasteiger charge is -2.09. The largest absolute Gasteiger partial charge is 0.508 e. The SMILES string of the molecule is Oc1ccc(-c2cn[nH]c2C2CCNC2)cc1. The molecule has 1 aliphatic rings. The van der Waals surface area contributed by atoms with Gasteiger partial charge in [0.2, 0.25) is 0 Å². The summed E-state index contributed by atoms with van der Waals surface area (Å²) in [5.74, 6) is 0.808. The first kappa shape index (κ1) is 10.4. The molecule has 88 valence electrons. The van der Waals surface area contributed by atoms with Crippen molar-refractivity contribution in [1.82, 2.24) is 15.5 Å². The summed E-state index contributed by atoms with van der Waals surface area (Å²) in [5.41, 5.74) is 3.43. The van der Waals surface area contributed by atoms with Gasteiger partial charge in [0.1, 0.15) is 5.75 Å². The Morgan fingerprint density at radius 1 is 1.24 bits per heavy atom. The Bertz CT molecular complexity index is 498. The van der Waals surface area contributed by atoms with Crippen molar-refractivity contribution < 1.29 is 5.11 Å². The lowest BCUT2D eigenvalue weighted by atomic mass is 9.97. The fourth-order valence-electron chi connectivity index (χ4n) is 2.38. The second-order valence-corrected chi connectivity index (χ2v) is 4.43. The summed E-state index contributed by atoms with van der Waals surface area (Å²) in [7, 11) is 0. The van der Waals surface area contributed by atoms with E-state index in [1.807, 2.05) is 18.3 Å². The van der Waals surface area contributed by atoms with Crippen LogP contribution in [0.1, 0.15) is 18.0 Å². The zero-order valence-electron chi connectivity index (χ0n) is 9.48. The zero-order chi connectivity index (χ0) is 11.7. The molecule has 1 aliphatic heterocycles. The molecule has 0 radical (unpaired) electrons. The lowest BCUT2D eigenvalue weighted by molar-refractivity contribution is 0.475. The van der Waals surface area contributed by atoms with Crippen molar-refractivity contribution in [2.24, 2.45) is 0 Å². The van der Waals surface area contributed by atoms with Crippen LogP contribution in [0.25, 0.3) is 11.1 Å². The standard InChI is InChI=1S/C13H15N3O/c17-11-3-1-9(2-4-11)12-8-15-16-13(12)10-5-6-14-7-10/h1-4,8,10,14,17H,5-7H2,(H,15,16). The Morgan fingerprint density at radius 3 is 2.76 bits per heavy atom. The number of nitrogens with one attached hydrogen (secondary N) is 2. The maximum atomic E-state index is 9.30. The van der Waals surface area contributed by atoms with E-state index < -0.39 is 0 Å². The first-order chi connectivity index (χ1) is 8.34. The number of aromatic hydroxyl groups is 1. The lowest BCUT2D eigenvalue weighted by Crippen LogP contribution is -2.08. The van der Waals surface area contributed by atoms with E-state index in [-0.39, 0.29) is 0 Å². The Labute approximate surface area is 99.7 Å². The topological polar surface area (TPSA) is 60.9 Å². The van der Waals surface area contributed by atoms with E-state index in [1.165, 1.54) is 5.69 Å². The zero-order valence-corrected chi connectivity index (χ0v) is 9.48. The maximum absolute atomic E-state index is 9.30. The van der Waals surface area contributed by atoms with Gasteiger partial charge in [-0.3, -0.25) is 5.10 Å². The Balaban J connectivity index is 1.97. The number of aromatic nitrogens is 2. The van der Waals surface area contributed by atoms with Crippen LogP contribution in [0.4, 0.5) is 0 Å². The minimum atomic E-state index is 0.293. The number of benzene rings is 1. The van der Waals surface area contributed by atoms with E-state index in [0.717, 1.165) is 30.6 Å². The molecule has 2 aromatic rings. The average molecular weight is 229 g/mol. The van der Waals surface area contributed by atoms with Crippen molar-refractivity contribution in [2.75, 3.05) is 13.1 Å². The van der Waals surface area contributed by atoms with Crippen molar-refractivity contribution in [3.63, 3.8) is 0 Å². The van der Waals surface area contributed by atoms with Gasteiger partial charge in [-0.15, -0.1) is 0 Å². The minimum Gasteiger partial charge on any atom is -0.508 e. The number of rotatable bonds is 2. The molecule has 3 N–H and O–H groups in total. The molecule has 4 nitrogen and oxygen atoms in total. The summed E-state index contributed by atoms with van der Waals surface area (Å²) in [5, 5.41) is 19.9. The van der Waals surface area contributed by atoms with E-state index in [1.54, 1.807) is 12.1 Å². The van der Waals surface area contributed by atoms with E-state index in [2.05, 4.69) is 15.5 Å². The molecule has 1 saturated heterocycles. The quantitative estimate of drug-likeness (QED) is 0.736. The van der Waals surface area contributed by atoms with Crippen molar-refractivity contribution in [1.29, 1.82) is 0 Å². The molecule has 1 fully saturated rings. The molecular weight excluding hydrogens is 214 g/mol. The summed E-state index contributed by atoms with van der Waals surface area (Å²) < 4.78 is 0. The molecule has 0 spiro atoms. The van der Waals surface area contributed by atoms with Crippen LogP contribution < -0.4 is 5.32 Å². The van der Waals surface area contributed by atoms with Gasteiger partial charge in [0.25, 0.3) is 0 Å². The summed E-state index contributed by atoms with van der Waals surface area (Å²) in [4.78, 5) is 0. The molecule has 4 heteroatoms. The van der Waals surface area contributed by atoms with E-state index >= 15 is 0 Å². The van der Waals surface area contributed by atoms with Gasteiger partial charge >= 0.3 is 0 Å². The Hall–Kier alpha value is -1.81. The Morgan fingerprint density at radius 2 is 2.06 bits per heavy atom. The predicted octanol–water partition coefficient (Wildman–Crippen LogP) is 1.86. The number of nitrogens with zero attached hydrogens (tertiary/aromatic N) is 1. The second kappa shape index (κ2) is 4.22. The number of phenolic OH excluding ortho intramolecular Hbond substituents is 1. The first-order valence-corrected chi connectivity index (χ1v) is 5.88. The van der Waals surface area contributed by atoms with Crippen molar-refractivity contribution >= 4 is 0 Å². The highest BCUT2D eigenvalue weighted by atomic mass is 16.3. The predicted molar refractivity (Wildman–Crippen MR) is 65.9 cm³/mol. The van der Waals surface area contributed by atoms with Crippen LogP contribution >= 0.6 is 0 Å². The highest BCUT2D eigenvalue weighted by Gasteiger charge is 2.21. The van der Waals surface area contributed by atoms with Crippen molar-refractivity contribution in [2.45, 2.75) is 12.3 Å². The molecule has 1 unspecified atom stereocenters. The number of hydrogen-bond acceptors (Lipinski definition) is 3. The van der Waals surface area contributed by atoms with Crippen LogP contribution in [0, 0.1) is 0 Å². The first-order valence-electron chi connectivity index (χ1n) is 5.88. The maximum Gasteiger partial charge on any atom is 0.115 e. The van der Waals surface area contributed by atoms with Gasteiger partial charge in [-0.1, -0.05) is 12.1 Å². The van der Waals surface area contributed by atoms with Gasteiger partial charge in [0, 0.05) is 23.7 Å². The number of hydrogen-bond donors (Lipinski definition) is 3. The highest BCUT2D eigenvalue weighted by Crippen LogP contribution is 2.31. The molecule has 17 heavy (non-hydrogen) atoms. The third kappa shape index (κ3) is 1.91. The van der Waals surface area contributed by atoms with Crippen molar-refractivity contribution in [3.05, 3.63) is 36.2 Å². The molecule has 1 aromatic carbocycles. The molecular formula is C13H15N3O. The van der Waals surface area contributed by atoms with Gasteiger partial charge in [-0.05, 0) is 30.7 Å². The minimum absolute atomic E-state index is 0.293. The summed E-state index contributed by atoms with van der Waals surface area (Å²) in [6.07, 6.45) is 3.01. The highest BCUT2D eigenvalue weighted by molar-refractivity contribution is 5.66. The fraction of sp³-hybridized carbons (Fsp3) is 0.308. The number of aromatic amines is 1. The van der Waals surface area contributed by atoms with Crippen LogP contribution in [0.15, 0.2) is 30.5 Å². The van der Waals surface area contributed by atoms with Gasteiger partial charge in [0.15, 0.2) is 0 Å². The van der Waals surface area contributed by atoms with Crippen LogP contribution in [-0.4, -0.2) is 28.4 Å². The van der Waals surface area contributed by atoms with Gasteiger partial charge in [0.05, 0.1) is 6.20 Å². The van der Waals surface area contributed by atoms with Gasteiger partial charge < -0.3 is 10.4 Å². The summed E-state index contributed by atoms with van der Waals surface area (Å²) in [6.45, 7) is 2.08. The second-order valence-electron chi connectivity index (χ2n) is 4.43. The van der Waals surface area contributed by atoms with Gasteiger partial charge in [-0.2, -0.15) is 5.10 Å². The van der Waals surface area contributed by atoms with Crippen LogP contribution in [-0.2, 0) is 0 Å². The van der Waals surface area contributed by atoms with E-state index in [0.29, 0.717) is 11.7 Å². The molecule has 3 rings (SSSR count). The third-order valence-electron chi connectivity index (χ3n) is 3.32.